The summed E-state index contributed by atoms with van der Waals surface area (Å²) in [4.78, 5) is 16.1. The summed E-state index contributed by atoms with van der Waals surface area (Å²) >= 11 is 0. The summed E-state index contributed by atoms with van der Waals surface area (Å²) in [5.41, 5.74) is 5.87. The molecule has 1 aliphatic rings. The fourth-order valence-corrected chi connectivity index (χ4v) is 2.40. The van der Waals surface area contributed by atoms with Crippen molar-refractivity contribution in [3.8, 4) is 0 Å². The van der Waals surface area contributed by atoms with Gasteiger partial charge in [-0.25, -0.2) is 0 Å². The van der Waals surface area contributed by atoms with Gasteiger partial charge in [0.1, 0.15) is 11.5 Å². The molecule has 2 atom stereocenters. The van der Waals surface area contributed by atoms with Crippen LogP contribution >= 0.6 is 0 Å². The van der Waals surface area contributed by atoms with Crippen LogP contribution in [0.5, 0.6) is 0 Å². The minimum Gasteiger partial charge on any atom is -0.464 e. The Morgan fingerprint density at radius 2 is 2.33 bits per heavy atom. The molecule has 1 saturated heterocycles. The van der Waals surface area contributed by atoms with Crippen molar-refractivity contribution in [1.29, 1.82) is 0 Å². The van der Waals surface area contributed by atoms with Crippen molar-refractivity contribution in [2.75, 3.05) is 33.3 Å². The van der Waals surface area contributed by atoms with E-state index in [9.17, 15) is 4.79 Å². The molecule has 6 nitrogen and oxygen atoms in total. The van der Waals surface area contributed by atoms with Gasteiger partial charge in [-0.15, -0.1) is 0 Å². The van der Waals surface area contributed by atoms with Gasteiger partial charge in [-0.1, -0.05) is 0 Å². The van der Waals surface area contributed by atoms with Gasteiger partial charge in [0.05, 0.1) is 25.8 Å². The van der Waals surface area contributed by atoms with Crippen molar-refractivity contribution in [3.05, 3.63) is 23.7 Å². The number of furan rings is 1. The Morgan fingerprint density at radius 1 is 1.57 bits per heavy atom. The van der Waals surface area contributed by atoms with Gasteiger partial charge in [0.25, 0.3) is 0 Å². The smallest absolute Gasteiger partial charge is 0.236 e. The van der Waals surface area contributed by atoms with Crippen LogP contribution in [0.4, 0.5) is 0 Å². The number of carbonyl (C=O) groups is 1. The molecule has 0 aromatic carbocycles. The number of nitrogens with two attached hydrogens (primary N) is 1. The van der Waals surface area contributed by atoms with E-state index in [1.165, 1.54) is 0 Å². The van der Waals surface area contributed by atoms with Gasteiger partial charge in [-0.3, -0.25) is 9.69 Å². The number of hydrogen-bond acceptors (Lipinski definition) is 5. The highest BCUT2D eigenvalue weighted by molar-refractivity contribution is 5.77. The molecule has 1 aromatic rings. The summed E-state index contributed by atoms with van der Waals surface area (Å²) in [6.07, 6.45) is 0.00424. The molecule has 2 N–H and O–H groups in total. The van der Waals surface area contributed by atoms with E-state index < -0.39 is 0 Å². The highest BCUT2D eigenvalue weighted by Crippen LogP contribution is 2.11. The van der Waals surface area contributed by atoms with E-state index in [2.05, 4.69) is 4.90 Å². The van der Waals surface area contributed by atoms with Crippen LogP contribution in [-0.4, -0.2) is 61.1 Å². The first kappa shape index (κ1) is 16.0. The molecule has 2 rings (SSSR count). The minimum atomic E-state index is -0.0216. The molecular formula is C15H25N3O3. The average molecular weight is 295 g/mol. The van der Waals surface area contributed by atoms with Crippen molar-refractivity contribution < 1.29 is 13.9 Å². The molecule has 2 unspecified atom stereocenters. The predicted molar refractivity (Wildman–Crippen MR) is 79.7 cm³/mol. The van der Waals surface area contributed by atoms with Gasteiger partial charge in [0, 0.05) is 26.2 Å². The van der Waals surface area contributed by atoms with E-state index in [1.54, 1.807) is 11.9 Å². The number of amides is 1. The standard InChI is InChI=1S/C15H25N3O3/c1-11-4-5-13(21-11)8-17(3)15(19)10-18-6-7-20-14(9-18)12(2)16/h4-5,12,14H,6-10,16H2,1-3H3. The molecule has 0 aliphatic carbocycles. The van der Waals surface area contributed by atoms with Crippen LogP contribution in [0.1, 0.15) is 18.4 Å². The Labute approximate surface area is 125 Å². The minimum absolute atomic E-state index is 0.00424. The zero-order valence-corrected chi connectivity index (χ0v) is 13.0. The van der Waals surface area contributed by atoms with Crippen molar-refractivity contribution in [2.45, 2.75) is 32.5 Å². The molecule has 2 heterocycles. The number of hydrogen-bond donors (Lipinski definition) is 1. The quantitative estimate of drug-likeness (QED) is 0.861. The van der Waals surface area contributed by atoms with Crippen LogP contribution in [0.15, 0.2) is 16.5 Å². The van der Waals surface area contributed by atoms with Crippen molar-refractivity contribution in [1.82, 2.24) is 9.80 Å². The van der Waals surface area contributed by atoms with Crippen molar-refractivity contribution >= 4 is 5.91 Å². The number of carbonyl (C=O) groups excluding carboxylic acids is 1. The lowest BCUT2D eigenvalue weighted by Crippen LogP contribution is -2.51. The second-order valence-electron chi connectivity index (χ2n) is 5.77. The maximum atomic E-state index is 12.3. The SMILES string of the molecule is Cc1ccc(CN(C)C(=O)CN2CCOC(C(C)N)C2)o1. The molecule has 1 aliphatic heterocycles. The van der Waals surface area contributed by atoms with E-state index in [4.69, 9.17) is 14.9 Å². The van der Waals surface area contributed by atoms with E-state index >= 15 is 0 Å². The second kappa shape index (κ2) is 7.06. The first-order valence-electron chi connectivity index (χ1n) is 7.34. The maximum Gasteiger partial charge on any atom is 0.236 e. The van der Waals surface area contributed by atoms with Crippen LogP contribution in [0.3, 0.4) is 0 Å². The first-order valence-corrected chi connectivity index (χ1v) is 7.34. The van der Waals surface area contributed by atoms with E-state index in [0.717, 1.165) is 18.1 Å². The largest absolute Gasteiger partial charge is 0.464 e. The fourth-order valence-electron chi connectivity index (χ4n) is 2.40. The highest BCUT2D eigenvalue weighted by atomic mass is 16.5. The van der Waals surface area contributed by atoms with Crippen molar-refractivity contribution in [2.24, 2.45) is 5.73 Å². The third-order valence-corrected chi connectivity index (χ3v) is 3.74. The molecule has 0 bridgehead atoms. The Bertz CT molecular complexity index is 472. The number of nitrogens with zero attached hydrogens (tertiary/aromatic N) is 2. The zero-order valence-electron chi connectivity index (χ0n) is 13.0. The van der Waals surface area contributed by atoms with Crippen molar-refractivity contribution in [3.63, 3.8) is 0 Å². The lowest BCUT2D eigenvalue weighted by atomic mass is 10.1. The van der Waals surface area contributed by atoms with Gasteiger partial charge in [-0.2, -0.15) is 0 Å². The second-order valence-corrected chi connectivity index (χ2v) is 5.77. The fraction of sp³-hybridized carbons (Fsp3) is 0.667. The third-order valence-electron chi connectivity index (χ3n) is 3.74. The van der Waals surface area contributed by atoms with Gasteiger partial charge >= 0.3 is 0 Å². The van der Waals surface area contributed by atoms with E-state index in [-0.39, 0.29) is 18.1 Å². The summed E-state index contributed by atoms with van der Waals surface area (Å²) in [6.45, 7) is 6.81. The number of morpholine rings is 1. The van der Waals surface area contributed by atoms with Crippen LogP contribution < -0.4 is 5.73 Å². The van der Waals surface area contributed by atoms with Crippen LogP contribution in [-0.2, 0) is 16.1 Å². The van der Waals surface area contributed by atoms with Gasteiger partial charge in [0.15, 0.2) is 0 Å². The number of rotatable bonds is 5. The molecule has 21 heavy (non-hydrogen) atoms. The average Bonchev–Trinajstić information content (AvgIpc) is 2.84. The van der Waals surface area contributed by atoms with Gasteiger partial charge in [0.2, 0.25) is 5.91 Å². The Hall–Kier alpha value is -1.37. The topological polar surface area (TPSA) is 71.9 Å². The third kappa shape index (κ3) is 4.56. The monoisotopic (exact) mass is 295 g/mol. The summed E-state index contributed by atoms with van der Waals surface area (Å²) in [7, 11) is 1.80. The van der Waals surface area contributed by atoms with Crippen LogP contribution in [0.2, 0.25) is 0 Å². The number of aryl methyl sites for hydroxylation is 1. The molecule has 0 saturated carbocycles. The zero-order chi connectivity index (χ0) is 15.4. The Morgan fingerprint density at radius 3 is 2.95 bits per heavy atom. The van der Waals surface area contributed by atoms with E-state index in [0.29, 0.717) is 26.2 Å². The predicted octanol–water partition coefficient (Wildman–Crippen LogP) is 0.594. The Kier molecular flexibility index (Phi) is 5.39. The molecule has 0 radical (unpaired) electrons. The number of ether oxygens (including phenoxy) is 1. The van der Waals surface area contributed by atoms with Gasteiger partial charge < -0.3 is 19.8 Å². The normalized spacial score (nSPS) is 21.2. The Balaban J connectivity index is 1.82. The molecule has 1 aromatic heterocycles. The van der Waals surface area contributed by atoms with Crippen LogP contribution in [0.25, 0.3) is 0 Å². The summed E-state index contributed by atoms with van der Waals surface area (Å²) in [5.74, 6) is 1.74. The van der Waals surface area contributed by atoms with Crippen LogP contribution in [0, 0.1) is 6.92 Å². The van der Waals surface area contributed by atoms with Gasteiger partial charge in [-0.05, 0) is 26.0 Å². The molecule has 1 fully saturated rings. The molecular weight excluding hydrogens is 270 g/mol. The summed E-state index contributed by atoms with van der Waals surface area (Å²) < 4.78 is 11.1. The molecule has 0 spiro atoms. The first-order chi connectivity index (χ1) is 9.95. The lowest BCUT2D eigenvalue weighted by molar-refractivity contribution is -0.134. The number of likely N-dealkylation sites (N-methyl/N-ethyl adjacent to an activating group) is 1. The molecule has 6 heteroatoms. The lowest BCUT2D eigenvalue weighted by Gasteiger charge is -2.34. The summed E-state index contributed by atoms with van der Waals surface area (Å²) in [6, 6.07) is 3.79. The highest BCUT2D eigenvalue weighted by Gasteiger charge is 2.25. The summed E-state index contributed by atoms with van der Waals surface area (Å²) in [5, 5.41) is 0. The molecule has 118 valence electrons. The maximum absolute atomic E-state index is 12.3. The van der Waals surface area contributed by atoms with E-state index in [1.807, 2.05) is 26.0 Å². The molecule has 1 amide bonds.